The Labute approximate surface area is 113 Å². The van der Waals surface area contributed by atoms with Gasteiger partial charge in [0.15, 0.2) is 0 Å². The third kappa shape index (κ3) is 2.66. The zero-order valence-electron chi connectivity index (χ0n) is 11.6. The van der Waals surface area contributed by atoms with Crippen LogP contribution in [0.5, 0.6) is 0 Å². The van der Waals surface area contributed by atoms with Crippen molar-refractivity contribution in [1.82, 2.24) is 0 Å². The summed E-state index contributed by atoms with van der Waals surface area (Å²) in [4.78, 5) is 0. The summed E-state index contributed by atoms with van der Waals surface area (Å²) in [5, 5.41) is 9.74. The van der Waals surface area contributed by atoms with E-state index in [0.29, 0.717) is 18.4 Å². The molecule has 4 heteroatoms. The van der Waals surface area contributed by atoms with E-state index < -0.39 is 12.5 Å². The Kier molecular flexibility index (Phi) is 3.17. The number of hydrogen-bond acceptors (Lipinski definition) is 2. The van der Waals surface area contributed by atoms with Crippen molar-refractivity contribution in [2.45, 2.75) is 51.4 Å². The van der Waals surface area contributed by atoms with Crippen LogP contribution in [-0.2, 0) is 4.74 Å². The van der Waals surface area contributed by atoms with E-state index in [9.17, 15) is 13.9 Å². The fourth-order valence-corrected chi connectivity index (χ4v) is 5.45. The zero-order valence-corrected chi connectivity index (χ0v) is 11.6. The van der Waals surface area contributed by atoms with Crippen molar-refractivity contribution < 1.29 is 18.6 Å². The molecule has 4 aliphatic carbocycles. The van der Waals surface area contributed by atoms with Crippen LogP contribution >= 0.6 is 0 Å². The highest BCUT2D eigenvalue weighted by Gasteiger charge is 2.57. The summed E-state index contributed by atoms with van der Waals surface area (Å²) in [6, 6.07) is 0. The largest absolute Gasteiger partial charge is 0.396 e. The Balaban J connectivity index is 1.67. The van der Waals surface area contributed by atoms with Gasteiger partial charge in [0.25, 0.3) is 5.92 Å². The SMILES string of the molecule is CC(F)(F)COCC12CC3CC(CC(CO)(C3)C1)C2. The molecule has 0 heterocycles. The van der Waals surface area contributed by atoms with E-state index in [1.54, 1.807) is 0 Å². The molecule has 0 aliphatic heterocycles. The Bertz CT molecular complexity index is 337. The van der Waals surface area contributed by atoms with Gasteiger partial charge < -0.3 is 9.84 Å². The van der Waals surface area contributed by atoms with Crippen molar-refractivity contribution in [3.63, 3.8) is 0 Å². The highest BCUT2D eigenvalue weighted by Crippen LogP contribution is 2.65. The topological polar surface area (TPSA) is 29.5 Å². The summed E-state index contributed by atoms with van der Waals surface area (Å²) >= 11 is 0. The molecule has 0 amide bonds. The molecule has 2 unspecified atom stereocenters. The second-order valence-electron chi connectivity index (χ2n) is 7.68. The molecular weight excluding hydrogens is 250 g/mol. The first kappa shape index (κ1) is 13.7. The molecule has 2 atom stereocenters. The maximum absolute atomic E-state index is 12.9. The molecular formula is C15H24F2O2. The van der Waals surface area contributed by atoms with E-state index >= 15 is 0 Å². The first-order chi connectivity index (χ1) is 8.84. The number of halogens is 2. The summed E-state index contributed by atoms with van der Waals surface area (Å²) in [6.45, 7) is 1.13. The fraction of sp³-hybridized carbons (Fsp3) is 1.00. The third-order valence-corrected chi connectivity index (χ3v) is 5.40. The number of aliphatic hydroxyl groups is 1. The van der Waals surface area contributed by atoms with Crippen molar-refractivity contribution in [1.29, 1.82) is 0 Å². The molecule has 0 aromatic carbocycles. The molecule has 110 valence electrons. The second kappa shape index (κ2) is 4.39. The molecule has 0 radical (unpaired) electrons. The van der Waals surface area contributed by atoms with E-state index in [2.05, 4.69) is 0 Å². The third-order valence-electron chi connectivity index (χ3n) is 5.40. The minimum absolute atomic E-state index is 0.0675. The zero-order chi connectivity index (χ0) is 13.7. The molecule has 19 heavy (non-hydrogen) atoms. The van der Waals surface area contributed by atoms with Crippen LogP contribution in [0.2, 0.25) is 0 Å². The molecule has 0 aromatic rings. The summed E-state index contributed by atoms with van der Waals surface area (Å²) in [5.74, 6) is -1.38. The average molecular weight is 274 g/mol. The van der Waals surface area contributed by atoms with Gasteiger partial charge in [0.1, 0.15) is 6.61 Å². The van der Waals surface area contributed by atoms with Gasteiger partial charge in [-0.1, -0.05) is 0 Å². The highest BCUT2D eigenvalue weighted by atomic mass is 19.3. The van der Waals surface area contributed by atoms with Gasteiger partial charge in [-0.3, -0.25) is 0 Å². The number of hydrogen-bond donors (Lipinski definition) is 1. The maximum Gasteiger partial charge on any atom is 0.268 e. The monoisotopic (exact) mass is 274 g/mol. The predicted octanol–water partition coefficient (Wildman–Crippen LogP) is 3.24. The summed E-state index contributed by atoms with van der Waals surface area (Å²) in [5.41, 5.74) is 0.139. The van der Waals surface area contributed by atoms with E-state index in [4.69, 9.17) is 4.74 Å². The minimum Gasteiger partial charge on any atom is -0.396 e. The number of aliphatic hydroxyl groups excluding tert-OH is 1. The lowest BCUT2D eigenvalue weighted by Crippen LogP contribution is -2.55. The first-order valence-corrected chi connectivity index (χ1v) is 7.40. The maximum atomic E-state index is 12.9. The van der Waals surface area contributed by atoms with Crippen molar-refractivity contribution >= 4 is 0 Å². The van der Waals surface area contributed by atoms with E-state index in [1.165, 1.54) is 6.42 Å². The molecule has 4 fully saturated rings. The fourth-order valence-electron chi connectivity index (χ4n) is 5.45. The minimum atomic E-state index is -2.74. The smallest absolute Gasteiger partial charge is 0.268 e. The summed E-state index contributed by atoms with van der Waals surface area (Å²) in [6.07, 6.45) is 6.73. The van der Waals surface area contributed by atoms with Crippen LogP contribution in [0.1, 0.15) is 45.4 Å². The van der Waals surface area contributed by atoms with Gasteiger partial charge >= 0.3 is 0 Å². The Hall–Kier alpha value is -0.220. The van der Waals surface area contributed by atoms with Crippen molar-refractivity contribution in [3.05, 3.63) is 0 Å². The normalized spacial score (nSPS) is 44.8. The lowest BCUT2D eigenvalue weighted by atomic mass is 9.44. The van der Waals surface area contributed by atoms with Crippen molar-refractivity contribution in [2.75, 3.05) is 19.8 Å². The van der Waals surface area contributed by atoms with Crippen molar-refractivity contribution in [2.24, 2.45) is 22.7 Å². The quantitative estimate of drug-likeness (QED) is 0.834. The van der Waals surface area contributed by atoms with Gasteiger partial charge in [-0.2, -0.15) is 0 Å². The first-order valence-electron chi connectivity index (χ1n) is 7.40. The van der Waals surface area contributed by atoms with Gasteiger partial charge in [0, 0.05) is 13.5 Å². The highest BCUT2D eigenvalue weighted by molar-refractivity contribution is 5.07. The van der Waals surface area contributed by atoms with Gasteiger partial charge in [-0.05, 0) is 61.2 Å². The molecule has 4 saturated carbocycles. The molecule has 0 aromatic heterocycles. The molecule has 4 rings (SSSR count). The molecule has 0 spiro atoms. The van der Waals surface area contributed by atoms with Crippen LogP contribution in [0.4, 0.5) is 8.78 Å². The number of alkyl halides is 2. The van der Waals surface area contributed by atoms with Crippen molar-refractivity contribution in [3.8, 4) is 0 Å². The van der Waals surface area contributed by atoms with Gasteiger partial charge in [0.2, 0.25) is 0 Å². The van der Waals surface area contributed by atoms with Gasteiger partial charge in [0.05, 0.1) is 6.61 Å². The van der Waals surface area contributed by atoms with Crippen LogP contribution in [0.3, 0.4) is 0 Å². The Morgan fingerprint density at radius 3 is 2.26 bits per heavy atom. The summed E-state index contributed by atoms with van der Waals surface area (Å²) < 4.78 is 31.1. The van der Waals surface area contributed by atoms with Crippen LogP contribution in [-0.4, -0.2) is 30.8 Å². The van der Waals surface area contributed by atoms with Gasteiger partial charge in [-0.25, -0.2) is 8.78 Å². The predicted molar refractivity (Wildman–Crippen MR) is 68.1 cm³/mol. The summed E-state index contributed by atoms with van der Waals surface area (Å²) in [7, 11) is 0. The number of rotatable bonds is 5. The van der Waals surface area contributed by atoms with E-state index in [0.717, 1.165) is 39.0 Å². The molecule has 4 aliphatic rings. The van der Waals surface area contributed by atoms with Crippen LogP contribution in [0.15, 0.2) is 0 Å². The Morgan fingerprint density at radius 1 is 1.16 bits per heavy atom. The van der Waals surface area contributed by atoms with Crippen LogP contribution in [0.25, 0.3) is 0 Å². The van der Waals surface area contributed by atoms with E-state index in [1.807, 2.05) is 0 Å². The standard InChI is InChI=1S/C15H24F2O2/c1-13(16,17)9-19-10-15-5-11-2-12(6-15)4-14(3-11,7-15)8-18/h11-12,18H,2-10H2,1H3. The Morgan fingerprint density at radius 2 is 1.74 bits per heavy atom. The molecule has 4 bridgehead atoms. The van der Waals surface area contributed by atoms with E-state index in [-0.39, 0.29) is 17.4 Å². The molecule has 1 N–H and O–H groups in total. The van der Waals surface area contributed by atoms with Gasteiger partial charge in [-0.15, -0.1) is 0 Å². The molecule has 2 nitrogen and oxygen atoms in total. The van der Waals surface area contributed by atoms with Crippen LogP contribution < -0.4 is 0 Å². The average Bonchev–Trinajstić information content (AvgIpc) is 2.25. The lowest BCUT2D eigenvalue weighted by Gasteiger charge is -2.61. The number of ether oxygens (including phenoxy) is 1. The molecule has 0 saturated heterocycles. The lowest BCUT2D eigenvalue weighted by molar-refractivity contribution is -0.165. The second-order valence-corrected chi connectivity index (χ2v) is 7.68. The van der Waals surface area contributed by atoms with Crippen LogP contribution in [0, 0.1) is 22.7 Å².